The van der Waals surface area contributed by atoms with Gasteiger partial charge in [-0.2, -0.15) is 0 Å². The molecule has 6 nitrogen and oxygen atoms in total. The van der Waals surface area contributed by atoms with Gasteiger partial charge in [0.25, 0.3) is 5.91 Å². The van der Waals surface area contributed by atoms with Crippen molar-refractivity contribution in [3.63, 3.8) is 0 Å². The number of carbonyl (C=O) groups excluding carboxylic acids is 1. The number of fused-ring (bicyclic) bond motifs is 1. The van der Waals surface area contributed by atoms with Gasteiger partial charge in [0.2, 0.25) is 5.88 Å². The molecule has 3 N–H and O–H groups in total. The molecule has 3 aromatic rings. The minimum absolute atomic E-state index is 0.0000520. The number of para-hydroxylation sites is 1. The van der Waals surface area contributed by atoms with Crippen molar-refractivity contribution in [3.8, 4) is 5.88 Å². The summed E-state index contributed by atoms with van der Waals surface area (Å²) in [6.45, 7) is 3.93. The molecule has 0 saturated carbocycles. The topological polar surface area (TPSA) is 93.0 Å². The van der Waals surface area contributed by atoms with E-state index in [1.54, 1.807) is 28.8 Å². The second kappa shape index (κ2) is 6.16. The fraction of sp³-hybridized carbons (Fsp3) is 0.167. The Morgan fingerprint density at radius 3 is 2.46 bits per heavy atom. The average Bonchev–Trinajstić information content (AvgIpc) is 2.85. The van der Waals surface area contributed by atoms with Crippen molar-refractivity contribution < 1.29 is 9.90 Å². The summed E-state index contributed by atoms with van der Waals surface area (Å²) in [6.07, 6.45) is 0. The maximum atomic E-state index is 12.1. The third-order valence-corrected chi connectivity index (χ3v) is 3.77. The Morgan fingerprint density at radius 2 is 1.79 bits per heavy atom. The maximum Gasteiger partial charge on any atom is 0.295 e. The van der Waals surface area contributed by atoms with Crippen molar-refractivity contribution in [1.82, 2.24) is 4.57 Å². The highest BCUT2D eigenvalue weighted by atomic mass is 16.3. The van der Waals surface area contributed by atoms with E-state index >= 15 is 0 Å². The fourth-order valence-electron chi connectivity index (χ4n) is 2.63. The van der Waals surface area contributed by atoms with Crippen LogP contribution >= 0.6 is 0 Å². The lowest BCUT2D eigenvalue weighted by Crippen LogP contribution is -1.98. The molecule has 0 unspecified atom stereocenters. The summed E-state index contributed by atoms with van der Waals surface area (Å²) >= 11 is 0. The smallest absolute Gasteiger partial charge is 0.295 e. The Balaban J connectivity index is 2.02. The first-order chi connectivity index (χ1) is 11.5. The van der Waals surface area contributed by atoms with E-state index in [0.29, 0.717) is 16.9 Å². The zero-order valence-electron chi connectivity index (χ0n) is 13.5. The Labute approximate surface area is 139 Å². The molecule has 2 aromatic carbocycles. The van der Waals surface area contributed by atoms with Crippen molar-refractivity contribution in [3.05, 3.63) is 54.1 Å². The first kappa shape index (κ1) is 15.7. The summed E-state index contributed by atoms with van der Waals surface area (Å²) in [5.74, 6) is -0.490. The predicted octanol–water partition coefficient (Wildman–Crippen LogP) is 4.43. The van der Waals surface area contributed by atoms with Gasteiger partial charge in [-0.1, -0.05) is 18.2 Å². The number of nitrogens with two attached hydrogens (primary N) is 1. The van der Waals surface area contributed by atoms with Gasteiger partial charge < -0.3 is 15.4 Å². The van der Waals surface area contributed by atoms with Crippen LogP contribution in [0.4, 0.5) is 11.4 Å². The number of hydrogen-bond donors (Lipinski definition) is 2. The molecular formula is C18H18N4O2. The standard InChI is InChI=1S/C18H18N4O2/c1-11(2)22-15-6-4-3-5-14(15)16(18(22)24)20-21-17(23)12-7-9-13(19)10-8-12/h3-11,24H,19H2,1-2H3. The molecule has 3 rings (SSSR count). The molecule has 0 spiro atoms. The number of azo groups is 1. The summed E-state index contributed by atoms with van der Waals surface area (Å²) in [7, 11) is 0. The minimum atomic E-state index is -0.490. The molecule has 0 aliphatic carbocycles. The van der Waals surface area contributed by atoms with Gasteiger partial charge >= 0.3 is 0 Å². The van der Waals surface area contributed by atoms with Gasteiger partial charge in [0.15, 0.2) is 5.69 Å². The average molecular weight is 322 g/mol. The third-order valence-electron chi connectivity index (χ3n) is 3.77. The molecule has 6 heteroatoms. The Hall–Kier alpha value is -3.15. The second-order valence-electron chi connectivity index (χ2n) is 5.78. The normalized spacial score (nSPS) is 11.6. The zero-order chi connectivity index (χ0) is 17.3. The maximum absolute atomic E-state index is 12.1. The summed E-state index contributed by atoms with van der Waals surface area (Å²) in [4.78, 5) is 12.1. The van der Waals surface area contributed by atoms with E-state index in [1.807, 2.05) is 38.1 Å². The van der Waals surface area contributed by atoms with Crippen molar-refractivity contribution in [2.75, 3.05) is 5.73 Å². The molecule has 0 aliphatic heterocycles. The number of carbonyl (C=O) groups is 1. The van der Waals surface area contributed by atoms with Gasteiger partial charge in [-0.3, -0.25) is 4.79 Å². The van der Waals surface area contributed by atoms with E-state index in [-0.39, 0.29) is 11.9 Å². The predicted molar refractivity (Wildman–Crippen MR) is 93.7 cm³/mol. The van der Waals surface area contributed by atoms with Crippen LogP contribution in [0.5, 0.6) is 5.88 Å². The molecule has 0 fully saturated rings. The lowest BCUT2D eigenvalue weighted by atomic mass is 10.2. The van der Waals surface area contributed by atoms with Crippen molar-refractivity contribution in [2.24, 2.45) is 10.2 Å². The van der Waals surface area contributed by atoms with Gasteiger partial charge in [0.05, 0.1) is 5.52 Å². The Morgan fingerprint density at radius 1 is 1.12 bits per heavy atom. The highest BCUT2D eigenvalue weighted by Crippen LogP contribution is 2.40. The Kier molecular flexibility index (Phi) is 4.04. The van der Waals surface area contributed by atoms with Crippen LogP contribution in [-0.2, 0) is 0 Å². The van der Waals surface area contributed by atoms with E-state index in [0.717, 1.165) is 10.9 Å². The van der Waals surface area contributed by atoms with E-state index in [4.69, 9.17) is 5.73 Å². The molecule has 0 saturated heterocycles. The first-order valence-corrected chi connectivity index (χ1v) is 7.62. The molecule has 0 atom stereocenters. The van der Waals surface area contributed by atoms with Gasteiger partial charge in [0.1, 0.15) is 0 Å². The van der Waals surface area contributed by atoms with Gasteiger partial charge in [-0.25, -0.2) is 0 Å². The number of amides is 1. The van der Waals surface area contributed by atoms with Crippen LogP contribution in [0.25, 0.3) is 10.9 Å². The number of anilines is 1. The van der Waals surface area contributed by atoms with Crippen LogP contribution in [0.15, 0.2) is 58.8 Å². The molecule has 24 heavy (non-hydrogen) atoms. The number of benzene rings is 2. The van der Waals surface area contributed by atoms with E-state index < -0.39 is 5.91 Å². The number of aromatic nitrogens is 1. The summed E-state index contributed by atoms with van der Waals surface area (Å²) < 4.78 is 1.76. The van der Waals surface area contributed by atoms with E-state index in [2.05, 4.69) is 10.2 Å². The molecule has 1 amide bonds. The van der Waals surface area contributed by atoms with Crippen molar-refractivity contribution in [1.29, 1.82) is 0 Å². The van der Waals surface area contributed by atoms with Gasteiger partial charge in [-0.15, -0.1) is 10.2 Å². The highest BCUT2D eigenvalue weighted by molar-refractivity contribution is 5.97. The van der Waals surface area contributed by atoms with Crippen LogP contribution in [-0.4, -0.2) is 15.6 Å². The molecule has 1 aromatic heterocycles. The fourth-order valence-corrected chi connectivity index (χ4v) is 2.63. The van der Waals surface area contributed by atoms with Crippen LogP contribution in [0.3, 0.4) is 0 Å². The number of aromatic hydroxyl groups is 1. The molecule has 122 valence electrons. The number of nitrogens with zero attached hydrogens (tertiary/aromatic N) is 3. The van der Waals surface area contributed by atoms with Crippen LogP contribution in [0.1, 0.15) is 30.2 Å². The lowest BCUT2D eigenvalue weighted by Gasteiger charge is -2.10. The SMILES string of the molecule is CC(C)n1c(O)c(N=NC(=O)c2ccc(N)cc2)c2ccccc21. The highest BCUT2D eigenvalue weighted by Gasteiger charge is 2.18. The van der Waals surface area contributed by atoms with Crippen molar-refractivity contribution >= 4 is 28.2 Å². The molecule has 0 radical (unpaired) electrons. The van der Waals surface area contributed by atoms with E-state index in [1.165, 1.54) is 0 Å². The largest absolute Gasteiger partial charge is 0.493 e. The minimum Gasteiger partial charge on any atom is -0.493 e. The third kappa shape index (κ3) is 2.74. The lowest BCUT2D eigenvalue weighted by molar-refractivity contribution is 0.0995. The Bertz CT molecular complexity index is 924. The summed E-state index contributed by atoms with van der Waals surface area (Å²) in [5.41, 5.74) is 7.70. The molecule has 0 aliphatic rings. The zero-order valence-corrected chi connectivity index (χ0v) is 13.5. The molecular weight excluding hydrogens is 304 g/mol. The first-order valence-electron chi connectivity index (χ1n) is 7.62. The number of rotatable bonds is 3. The van der Waals surface area contributed by atoms with Gasteiger partial charge in [-0.05, 0) is 44.2 Å². The second-order valence-corrected chi connectivity index (χ2v) is 5.78. The number of nitrogen functional groups attached to an aromatic ring is 1. The number of hydrogen-bond acceptors (Lipinski definition) is 4. The molecule has 1 heterocycles. The van der Waals surface area contributed by atoms with Crippen molar-refractivity contribution in [2.45, 2.75) is 19.9 Å². The summed E-state index contributed by atoms with van der Waals surface area (Å²) in [5, 5.41) is 19.0. The van der Waals surface area contributed by atoms with Crippen LogP contribution in [0.2, 0.25) is 0 Å². The monoisotopic (exact) mass is 322 g/mol. The quantitative estimate of drug-likeness (QED) is 0.551. The van der Waals surface area contributed by atoms with Crippen LogP contribution in [0, 0.1) is 0 Å². The van der Waals surface area contributed by atoms with Gasteiger partial charge in [0, 0.05) is 22.7 Å². The summed E-state index contributed by atoms with van der Waals surface area (Å²) in [6, 6.07) is 14.0. The van der Waals surface area contributed by atoms with Crippen LogP contribution < -0.4 is 5.73 Å². The molecule has 0 bridgehead atoms. The van der Waals surface area contributed by atoms with E-state index in [9.17, 15) is 9.90 Å².